The maximum Gasteiger partial charge on any atom is 0.254 e. The Labute approximate surface area is 139 Å². The van der Waals surface area contributed by atoms with Crippen molar-refractivity contribution < 1.29 is 19.0 Å². The lowest BCUT2D eigenvalue weighted by atomic mass is 10.1. The molecule has 7 nitrogen and oxygen atoms in total. The van der Waals surface area contributed by atoms with Gasteiger partial charge in [-0.3, -0.25) is 14.8 Å². The second-order valence-corrected chi connectivity index (χ2v) is 5.76. The van der Waals surface area contributed by atoms with Crippen LogP contribution in [0.1, 0.15) is 27.8 Å². The fourth-order valence-corrected chi connectivity index (χ4v) is 2.79. The highest BCUT2D eigenvalue weighted by molar-refractivity contribution is 5.95. The molecule has 7 heteroatoms. The van der Waals surface area contributed by atoms with E-state index in [2.05, 4.69) is 9.97 Å². The molecule has 0 N–H and O–H groups in total. The van der Waals surface area contributed by atoms with Crippen LogP contribution in [0.5, 0.6) is 11.5 Å². The zero-order valence-corrected chi connectivity index (χ0v) is 13.3. The number of nitrogens with zero attached hydrogens (tertiary/aromatic N) is 3. The van der Waals surface area contributed by atoms with Crippen molar-refractivity contribution in [3.63, 3.8) is 0 Å². The molecule has 1 amide bonds. The number of hydrogen-bond acceptors (Lipinski definition) is 6. The third-order valence-corrected chi connectivity index (χ3v) is 4.10. The van der Waals surface area contributed by atoms with E-state index in [0.29, 0.717) is 36.8 Å². The number of aryl methyl sites for hydroxylation is 1. The van der Waals surface area contributed by atoms with E-state index in [0.717, 1.165) is 11.4 Å². The van der Waals surface area contributed by atoms with E-state index < -0.39 is 0 Å². The summed E-state index contributed by atoms with van der Waals surface area (Å²) in [7, 11) is 0. The van der Waals surface area contributed by atoms with Crippen molar-refractivity contribution >= 4 is 5.91 Å². The molecule has 4 rings (SSSR count). The lowest BCUT2D eigenvalue weighted by Crippen LogP contribution is -2.42. The normalized spacial score (nSPS) is 19.4. The molecule has 1 saturated heterocycles. The molecule has 1 aromatic heterocycles. The lowest BCUT2D eigenvalue weighted by Gasteiger charge is -2.32. The molecule has 0 bridgehead atoms. The van der Waals surface area contributed by atoms with E-state index in [-0.39, 0.29) is 18.8 Å². The van der Waals surface area contributed by atoms with Crippen LogP contribution in [0.15, 0.2) is 30.6 Å². The first-order valence-corrected chi connectivity index (χ1v) is 7.80. The van der Waals surface area contributed by atoms with Gasteiger partial charge in [-0.15, -0.1) is 0 Å². The number of carbonyl (C=O) groups is 1. The summed E-state index contributed by atoms with van der Waals surface area (Å²) in [5, 5.41) is 0. The van der Waals surface area contributed by atoms with Crippen molar-refractivity contribution in [3.05, 3.63) is 47.5 Å². The van der Waals surface area contributed by atoms with Crippen LogP contribution in [0.4, 0.5) is 0 Å². The van der Waals surface area contributed by atoms with E-state index in [1.165, 1.54) is 0 Å². The average molecular weight is 327 g/mol. The third-order valence-electron chi connectivity index (χ3n) is 4.10. The fraction of sp³-hybridized carbons (Fsp3) is 0.353. The zero-order chi connectivity index (χ0) is 16.5. The summed E-state index contributed by atoms with van der Waals surface area (Å²) < 4.78 is 16.4. The van der Waals surface area contributed by atoms with E-state index in [4.69, 9.17) is 14.2 Å². The van der Waals surface area contributed by atoms with Crippen LogP contribution in [-0.2, 0) is 4.74 Å². The number of morpholine rings is 1. The SMILES string of the molecule is Cc1cnc([C@H]2CN(C(=O)c3ccc4c(c3)OCO4)CCO2)cn1. The second kappa shape index (κ2) is 6.09. The molecule has 0 radical (unpaired) electrons. The monoisotopic (exact) mass is 327 g/mol. The molecule has 0 spiro atoms. The molecule has 2 aliphatic heterocycles. The topological polar surface area (TPSA) is 73.8 Å². The predicted octanol–water partition coefficient (Wildman–Crippen LogP) is 1.73. The third kappa shape index (κ3) is 2.78. The first kappa shape index (κ1) is 14.9. The van der Waals surface area contributed by atoms with Gasteiger partial charge in [-0.2, -0.15) is 0 Å². The smallest absolute Gasteiger partial charge is 0.254 e. The van der Waals surface area contributed by atoms with Crippen LogP contribution in [0.25, 0.3) is 0 Å². The van der Waals surface area contributed by atoms with Gasteiger partial charge in [0.2, 0.25) is 6.79 Å². The van der Waals surface area contributed by atoms with Crippen molar-refractivity contribution in [2.75, 3.05) is 26.5 Å². The molecule has 3 heterocycles. The zero-order valence-electron chi connectivity index (χ0n) is 13.3. The minimum Gasteiger partial charge on any atom is -0.454 e. The quantitative estimate of drug-likeness (QED) is 0.836. The summed E-state index contributed by atoms with van der Waals surface area (Å²) >= 11 is 0. The molecule has 0 aliphatic carbocycles. The number of amides is 1. The summed E-state index contributed by atoms with van der Waals surface area (Å²) in [6, 6.07) is 5.24. The Bertz CT molecular complexity index is 763. The highest BCUT2D eigenvalue weighted by atomic mass is 16.7. The summed E-state index contributed by atoms with van der Waals surface area (Å²) in [5.41, 5.74) is 2.17. The molecule has 0 unspecified atom stereocenters. The number of ether oxygens (including phenoxy) is 3. The lowest BCUT2D eigenvalue weighted by molar-refractivity contribution is -0.0249. The standard InChI is InChI=1S/C17H17N3O4/c1-11-7-19-13(8-18-11)16-9-20(4-5-22-16)17(21)12-2-3-14-15(6-12)24-10-23-14/h2-3,6-8,16H,4-5,9-10H2,1H3/t16-/m1/s1. The highest BCUT2D eigenvalue weighted by Gasteiger charge is 2.28. The second-order valence-electron chi connectivity index (χ2n) is 5.76. The summed E-state index contributed by atoms with van der Waals surface area (Å²) in [5.74, 6) is 1.22. The van der Waals surface area contributed by atoms with Crippen molar-refractivity contribution in [3.8, 4) is 11.5 Å². The molecular weight excluding hydrogens is 310 g/mol. The van der Waals surface area contributed by atoms with E-state index >= 15 is 0 Å². The van der Waals surface area contributed by atoms with Crippen LogP contribution in [-0.4, -0.2) is 47.3 Å². The molecule has 24 heavy (non-hydrogen) atoms. The highest BCUT2D eigenvalue weighted by Crippen LogP contribution is 2.33. The van der Waals surface area contributed by atoms with Crippen molar-refractivity contribution in [2.24, 2.45) is 0 Å². The summed E-state index contributed by atoms with van der Waals surface area (Å²) in [6.07, 6.45) is 3.15. The average Bonchev–Trinajstić information content (AvgIpc) is 3.09. The van der Waals surface area contributed by atoms with Gasteiger partial charge >= 0.3 is 0 Å². The van der Waals surface area contributed by atoms with Gasteiger partial charge in [0.25, 0.3) is 5.91 Å². The van der Waals surface area contributed by atoms with Crippen LogP contribution < -0.4 is 9.47 Å². The summed E-state index contributed by atoms with van der Waals surface area (Å²) in [4.78, 5) is 23.1. The van der Waals surface area contributed by atoms with Gasteiger partial charge in [0.05, 0.1) is 30.7 Å². The predicted molar refractivity (Wildman–Crippen MR) is 83.9 cm³/mol. The minimum atomic E-state index is -0.259. The molecule has 2 aliphatic rings. The van der Waals surface area contributed by atoms with Gasteiger partial charge in [-0.1, -0.05) is 0 Å². The van der Waals surface area contributed by atoms with Gasteiger partial charge in [0.1, 0.15) is 6.10 Å². The Morgan fingerprint density at radius 3 is 2.92 bits per heavy atom. The molecular formula is C17H17N3O4. The first-order valence-electron chi connectivity index (χ1n) is 7.80. The number of benzene rings is 1. The Morgan fingerprint density at radius 2 is 2.08 bits per heavy atom. The molecule has 1 atom stereocenters. The first-order chi connectivity index (χ1) is 11.7. The van der Waals surface area contributed by atoms with Crippen molar-refractivity contribution in [1.82, 2.24) is 14.9 Å². The Morgan fingerprint density at radius 1 is 1.21 bits per heavy atom. The maximum atomic E-state index is 12.8. The van der Waals surface area contributed by atoms with Gasteiger partial charge in [-0.05, 0) is 25.1 Å². The van der Waals surface area contributed by atoms with E-state index in [1.807, 2.05) is 6.92 Å². The Kier molecular flexibility index (Phi) is 3.78. The van der Waals surface area contributed by atoms with Crippen molar-refractivity contribution in [2.45, 2.75) is 13.0 Å². The molecule has 1 fully saturated rings. The van der Waals surface area contributed by atoms with Gasteiger partial charge in [0.15, 0.2) is 11.5 Å². The largest absolute Gasteiger partial charge is 0.454 e. The van der Waals surface area contributed by atoms with Crippen LogP contribution in [0.3, 0.4) is 0 Å². The number of rotatable bonds is 2. The van der Waals surface area contributed by atoms with Crippen molar-refractivity contribution in [1.29, 1.82) is 0 Å². The maximum absolute atomic E-state index is 12.8. The fourth-order valence-electron chi connectivity index (χ4n) is 2.79. The van der Waals surface area contributed by atoms with Gasteiger partial charge < -0.3 is 19.1 Å². The van der Waals surface area contributed by atoms with Gasteiger partial charge in [-0.25, -0.2) is 0 Å². The van der Waals surface area contributed by atoms with Crippen LogP contribution in [0.2, 0.25) is 0 Å². The Hall–Kier alpha value is -2.67. The van der Waals surface area contributed by atoms with Gasteiger partial charge in [0, 0.05) is 18.3 Å². The number of carbonyl (C=O) groups excluding carboxylic acids is 1. The van der Waals surface area contributed by atoms with Crippen LogP contribution >= 0.6 is 0 Å². The molecule has 1 aromatic carbocycles. The molecule has 2 aromatic rings. The van der Waals surface area contributed by atoms with Crippen LogP contribution in [0, 0.1) is 6.92 Å². The molecule has 124 valence electrons. The Balaban J connectivity index is 1.51. The van der Waals surface area contributed by atoms with E-state index in [9.17, 15) is 4.79 Å². The number of aromatic nitrogens is 2. The minimum absolute atomic E-state index is 0.0540. The van der Waals surface area contributed by atoms with E-state index in [1.54, 1.807) is 35.5 Å². The summed E-state index contributed by atoms with van der Waals surface area (Å²) in [6.45, 7) is 3.54. The number of hydrogen-bond donors (Lipinski definition) is 0. The number of fused-ring (bicyclic) bond motifs is 1. The molecule has 0 saturated carbocycles.